The van der Waals surface area contributed by atoms with Gasteiger partial charge < -0.3 is 10.5 Å². The monoisotopic (exact) mass is 281 g/mol. The summed E-state index contributed by atoms with van der Waals surface area (Å²) < 4.78 is 5.75. The Bertz CT molecular complexity index is 668. The molecular formula is C19H23NO. The van der Waals surface area contributed by atoms with Crippen molar-refractivity contribution >= 4 is 0 Å². The highest BCUT2D eigenvalue weighted by Crippen LogP contribution is 2.40. The van der Waals surface area contributed by atoms with Crippen LogP contribution in [0, 0.1) is 13.8 Å². The van der Waals surface area contributed by atoms with Crippen LogP contribution in [0.3, 0.4) is 0 Å². The zero-order valence-corrected chi connectivity index (χ0v) is 13.2. The fourth-order valence-corrected chi connectivity index (χ4v) is 3.11. The van der Waals surface area contributed by atoms with Crippen LogP contribution < -0.4 is 10.5 Å². The number of rotatable bonds is 2. The smallest absolute Gasteiger partial charge is 0.123 e. The van der Waals surface area contributed by atoms with Gasteiger partial charge in [-0.3, -0.25) is 0 Å². The molecule has 1 atom stereocenters. The molecule has 1 heterocycles. The molecule has 0 saturated heterocycles. The van der Waals surface area contributed by atoms with E-state index in [-0.39, 0.29) is 11.5 Å². The van der Waals surface area contributed by atoms with Gasteiger partial charge in [0, 0.05) is 11.0 Å². The lowest BCUT2D eigenvalue weighted by atomic mass is 9.84. The summed E-state index contributed by atoms with van der Waals surface area (Å²) in [5.74, 6) is 0.997. The first-order chi connectivity index (χ1) is 9.87. The third kappa shape index (κ3) is 2.56. The third-order valence-electron chi connectivity index (χ3n) is 4.28. The Morgan fingerprint density at radius 3 is 2.33 bits per heavy atom. The predicted octanol–water partition coefficient (Wildman–Crippen LogP) is 4.02. The van der Waals surface area contributed by atoms with Crippen molar-refractivity contribution in [2.45, 2.75) is 39.2 Å². The molecule has 0 amide bonds. The number of nitrogens with two attached hydrogens (primary N) is 1. The highest BCUT2D eigenvalue weighted by atomic mass is 16.5. The molecule has 2 aromatic carbocycles. The first-order valence-corrected chi connectivity index (χ1v) is 7.48. The summed E-state index contributed by atoms with van der Waals surface area (Å²) >= 11 is 0. The summed E-state index contributed by atoms with van der Waals surface area (Å²) in [7, 11) is 0. The maximum Gasteiger partial charge on any atom is 0.123 e. The zero-order chi connectivity index (χ0) is 15.2. The standard InChI is InChI=1S/C19H23NO/c1-12-7-13(2)9-15(8-12)18(20)14-5-6-17-16(10-14)19(3,4)11-21-17/h5-10,18H,11,20H2,1-4H3. The molecule has 1 unspecified atom stereocenters. The first-order valence-electron chi connectivity index (χ1n) is 7.48. The van der Waals surface area contributed by atoms with Crippen molar-refractivity contribution in [2.24, 2.45) is 5.73 Å². The Labute approximate surface area is 126 Å². The minimum atomic E-state index is -0.0923. The van der Waals surface area contributed by atoms with Crippen molar-refractivity contribution in [3.05, 3.63) is 64.2 Å². The largest absolute Gasteiger partial charge is 0.492 e. The molecular weight excluding hydrogens is 258 g/mol. The van der Waals surface area contributed by atoms with E-state index < -0.39 is 0 Å². The van der Waals surface area contributed by atoms with E-state index in [4.69, 9.17) is 10.5 Å². The average Bonchev–Trinajstić information content (AvgIpc) is 2.72. The fraction of sp³-hybridized carbons (Fsp3) is 0.368. The molecule has 1 aliphatic rings. The Kier molecular flexibility index (Phi) is 3.29. The van der Waals surface area contributed by atoms with Crippen molar-refractivity contribution in [1.82, 2.24) is 0 Å². The highest BCUT2D eigenvalue weighted by molar-refractivity contribution is 5.47. The molecule has 3 rings (SSSR count). The summed E-state index contributed by atoms with van der Waals surface area (Å²) in [6.07, 6.45) is 0. The molecule has 0 fully saturated rings. The van der Waals surface area contributed by atoms with Crippen molar-refractivity contribution in [3.8, 4) is 5.75 Å². The Morgan fingerprint density at radius 2 is 1.67 bits per heavy atom. The highest BCUT2D eigenvalue weighted by Gasteiger charge is 2.32. The summed E-state index contributed by atoms with van der Waals surface area (Å²) in [6.45, 7) is 9.40. The number of aryl methyl sites for hydroxylation is 2. The quantitative estimate of drug-likeness (QED) is 0.902. The molecule has 2 heteroatoms. The van der Waals surface area contributed by atoms with E-state index in [1.165, 1.54) is 22.3 Å². The van der Waals surface area contributed by atoms with Gasteiger partial charge in [0.25, 0.3) is 0 Å². The van der Waals surface area contributed by atoms with Gasteiger partial charge in [0.1, 0.15) is 5.75 Å². The molecule has 0 bridgehead atoms. The van der Waals surface area contributed by atoms with Crippen molar-refractivity contribution in [2.75, 3.05) is 6.61 Å². The van der Waals surface area contributed by atoms with Gasteiger partial charge in [0.05, 0.1) is 12.6 Å². The number of hydrogen-bond donors (Lipinski definition) is 1. The molecule has 2 N–H and O–H groups in total. The topological polar surface area (TPSA) is 35.2 Å². The van der Waals surface area contributed by atoms with E-state index in [1.807, 2.05) is 0 Å². The van der Waals surface area contributed by atoms with Gasteiger partial charge in [0.15, 0.2) is 0 Å². The maximum atomic E-state index is 6.50. The molecule has 110 valence electrons. The van der Waals surface area contributed by atoms with Gasteiger partial charge in [-0.1, -0.05) is 49.2 Å². The molecule has 2 nitrogen and oxygen atoms in total. The van der Waals surface area contributed by atoms with Crippen LogP contribution in [0.5, 0.6) is 5.75 Å². The third-order valence-corrected chi connectivity index (χ3v) is 4.28. The molecule has 0 aromatic heterocycles. The van der Waals surface area contributed by atoms with Gasteiger partial charge in [-0.05, 0) is 37.1 Å². The second-order valence-corrected chi connectivity index (χ2v) is 6.83. The van der Waals surface area contributed by atoms with E-state index in [2.05, 4.69) is 64.1 Å². The molecule has 0 spiro atoms. The van der Waals surface area contributed by atoms with Crippen LogP contribution in [0.25, 0.3) is 0 Å². The minimum Gasteiger partial charge on any atom is -0.492 e. The van der Waals surface area contributed by atoms with Gasteiger partial charge in [-0.25, -0.2) is 0 Å². The van der Waals surface area contributed by atoms with E-state index in [1.54, 1.807) is 0 Å². The van der Waals surface area contributed by atoms with Gasteiger partial charge in [-0.2, -0.15) is 0 Å². The number of hydrogen-bond acceptors (Lipinski definition) is 2. The van der Waals surface area contributed by atoms with Crippen LogP contribution in [0.2, 0.25) is 0 Å². The summed E-state index contributed by atoms with van der Waals surface area (Å²) in [5, 5.41) is 0. The predicted molar refractivity (Wildman–Crippen MR) is 86.9 cm³/mol. The van der Waals surface area contributed by atoms with Gasteiger partial charge in [-0.15, -0.1) is 0 Å². The minimum absolute atomic E-state index is 0.0631. The Morgan fingerprint density at radius 1 is 1.00 bits per heavy atom. The van der Waals surface area contributed by atoms with Crippen LogP contribution in [0.4, 0.5) is 0 Å². The molecule has 2 aromatic rings. The summed E-state index contributed by atoms with van der Waals surface area (Å²) in [4.78, 5) is 0. The van der Waals surface area contributed by atoms with Crippen LogP contribution >= 0.6 is 0 Å². The fourth-order valence-electron chi connectivity index (χ4n) is 3.11. The van der Waals surface area contributed by atoms with Crippen molar-refractivity contribution in [3.63, 3.8) is 0 Å². The van der Waals surface area contributed by atoms with Crippen LogP contribution in [0.1, 0.15) is 47.7 Å². The second-order valence-electron chi connectivity index (χ2n) is 6.83. The van der Waals surface area contributed by atoms with Crippen LogP contribution in [-0.4, -0.2) is 6.61 Å². The lowest BCUT2D eigenvalue weighted by Gasteiger charge is -2.19. The molecule has 0 aliphatic carbocycles. The van der Waals surface area contributed by atoms with Crippen molar-refractivity contribution < 1.29 is 4.74 Å². The van der Waals surface area contributed by atoms with E-state index in [0.717, 1.165) is 17.9 Å². The first kappa shape index (κ1) is 14.2. The second kappa shape index (κ2) is 4.88. The normalized spacial score (nSPS) is 17.2. The Hall–Kier alpha value is -1.80. The van der Waals surface area contributed by atoms with Crippen LogP contribution in [-0.2, 0) is 5.41 Å². The summed E-state index contributed by atoms with van der Waals surface area (Å²) in [6, 6.07) is 12.8. The molecule has 0 saturated carbocycles. The maximum absolute atomic E-state index is 6.50. The molecule has 21 heavy (non-hydrogen) atoms. The number of fused-ring (bicyclic) bond motifs is 1. The van der Waals surface area contributed by atoms with E-state index in [9.17, 15) is 0 Å². The Balaban J connectivity index is 2.01. The summed E-state index contributed by atoms with van der Waals surface area (Å²) in [5.41, 5.74) is 12.7. The lowest BCUT2D eigenvalue weighted by Crippen LogP contribution is -2.19. The molecule has 1 aliphatic heterocycles. The zero-order valence-electron chi connectivity index (χ0n) is 13.2. The SMILES string of the molecule is Cc1cc(C)cc(C(N)c2ccc3c(c2)C(C)(C)CO3)c1. The van der Waals surface area contributed by atoms with E-state index in [0.29, 0.717) is 0 Å². The van der Waals surface area contributed by atoms with Gasteiger partial charge >= 0.3 is 0 Å². The van der Waals surface area contributed by atoms with E-state index >= 15 is 0 Å². The lowest BCUT2D eigenvalue weighted by molar-refractivity contribution is 0.291. The van der Waals surface area contributed by atoms with Gasteiger partial charge in [0.2, 0.25) is 0 Å². The van der Waals surface area contributed by atoms with Crippen molar-refractivity contribution in [1.29, 1.82) is 0 Å². The number of benzene rings is 2. The average molecular weight is 281 g/mol. The van der Waals surface area contributed by atoms with Crippen LogP contribution in [0.15, 0.2) is 36.4 Å². The number of ether oxygens (including phenoxy) is 1. The molecule has 0 radical (unpaired) electrons.